The zero-order chi connectivity index (χ0) is 31.7. The molecule has 1 unspecified atom stereocenters. The molecule has 0 radical (unpaired) electrons. The Balaban J connectivity index is 1.13. The topological polar surface area (TPSA) is 107 Å². The number of benzene rings is 1. The fourth-order valence-electron chi connectivity index (χ4n) is 5.96. The van der Waals surface area contributed by atoms with Crippen molar-refractivity contribution in [2.24, 2.45) is 5.92 Å². The number of nitrogens with zero attached hydrogens (tertiary/aromatic N) is 4. The van der Waals surface area contributed by atoms with Crippen LogP contribution in [0.2, 0.25) is 0 Å². The number of carboxylic acids is 1. The number of aryl methyl sites for hydroxylation is 1. The molecule has 0 spiro atoms. The summed E-state index contributed by atoms with van der Waals surface area (Å²) >= 11 is 1.37. The molecule has 1 atom stereocenters. The molecule has 2 fully saturated rings. The largest absolute Gasteiger partial charge is 0.489 e. The van der Waals surface area contributed by atoms with Gasteiger partial charge in [-0.1, -0.05) is 18.2 Å². The van der Waals surface area contributed by atoms with Crippen molar-refractivity contribution in [1.82, 2.24) is 19.7 Å². The van der Waals surface area contributed by atoms with E-state index in [0.717, 1.165) is 54.1 Å². The lowest BCUT2D eigenvalue weighted by molar-refractivity contribution is -0.143. The third-order valence-electron chi connectivity index (χ3n) is 8.34. The number of ether oxygens (including phenoxy) is 2. The molecular formula is C32H31F3N4O5S. The maximum atomic E-state index is 13.8. The van der Waals surface area contributed by atoms with Crippen LogP contribution in [0.5, 0.6) is 5.75 Å². The zero-order valence-corrected chi connectivity index (χ0v) is 25.2. The van der Waals surface area contributed by atoms with Gasteiger partial charge in [-0.25, -0.2) is 14.5 Å². The van der Waals surface area contributed by atoms with E-state index in [-0.39, 0.29) is 24.2 Å². The predicted octanol–water partition coefficient (Wildman–Crippen LogP) is 6.34. The third kappa shape index (κ3) is 6.45. The second kappa shape index (κ2) is 12.6. The maximum absolute atomic E-state index is 13.8. The highest BCUT2D eigenvalue weighted by Crippen LogP contribution is 2.36. The molecule has 2 aliphatic rings. The Morgan fingerprint density at radius 1 is 1.13 bits per heavy atom. The lowest BCUT2D eigenvalue weighted by Gasteiger charge is -2.33. The second-order valence-electron chi connectivity index (χ2n) is 11.3. The minimum absolute atomic E-state index is 0.00523. The van der Waals surface area contributed by atoms with Crippen molar-refractivity contribution in [3.05, 3.63) is 82.0 Å². The number of hydrogen-bond donors (Lipinski definition) is 1. The molecule has 5 heterocycles. The van der Waals surface area contributed by atoms with Gasteiger partial charge in [-0.2, -0.15) is 18.3 Å². The van der Waals surface area contributed by atoms with Crippen LogP contribution in [0.25, 0.3) is 16.4 Å². The third-order valence-corrected chi connectivity index (χ3v) is 9.32. The molecule has 9 nitrogen and oxygen atoms in total. The molecule has 0 bridgehead atoms. The van der Waals surface area contributed by atoms with E-state index in [1.54, 1.807) is 12.1 Å². The molecule has 0 saturated carbocycles. The first kappa shape index (κ1) is 30.8. The minimum atomic E-state index is -4.95. The highest BCUT2D eigenvalue weighted by atomic mass is 32.1. The summed E-state index contributed by atoms with van der Waals surface area (Å²) in [6.45, 7) is 4.88. The van der Waals surface area contributed by atoms with Crippen molar-refractivity contribution < 1.29 is 37.3 Å². The zero-order valence-electron chi connectivity index (χ0n) is 24.4. The quantitative estimate of drug-likeness (QED) is 0.240. The monoisotopic (exact) mass is 640 g/mol. The number of alkyl halides is 3. The summed E-state index contributed by atoms with van der Waals surface area (Å²) < 4.78 is 53.4. The Kier molecular flexibility index (Phi) is 8.65. The van der Waals surface area contributed by atoms with Crippen LogP contribution in [-0.2, 0) is 22.3 Å². The summed E-state index contributed by atoms with van der Waals surface area (Å²) in [7, 11) is 0. The fraction of sp³-hybridized carbons (Fsp3) is 0.375. The number of carboxylic acid groups (broad SMARTS) is 1. The number of piperidine rings is 1. The van der Waals surface area contributed by atoms with Crippen LogP contribution in [0, 0.1) is 12.8 Å². The minimum Gasteiger partial charge on any atom is -0.489 e. The van der Waals surface area contributed by atoms with Crippen molar-refractivity contribution in [2.75, 3.05) is 26.3 Å². The molecule has 1 amide bonds. The first-order chi connectivity index (χ1) is 21.6. The molecule has 6 rings (SSSR count). The van der Waals surface area contributed by atoms with Crippen molar-refractivity contribution in [3.63, 3.8) is 0 Å². The van der Waals surface area contributed by atoms with E-state index >= 15 is 0 Å². The van der Waals surface area contributed by atoms with Crippen molar-refractivity contribution >= 4 is 23.2 Å². The van der Waals surface area contributed by atoms with Gasteiger partial charge in [0.15, 0.2) is 11.5 Å². The van der Waals surface area contributed by atoms with Gasteiger partial charge in [-0.3, -0.25) is 4.79 Å². The van der Waals surface area contributed by atoms with Gasteiger partial charge in [0.05, 0.1) is 29.3 Å². The van der Waals surface area contributed by atoms with Gasteiger partial charge >= 0.3 is 12.1 Å². The summed E-state index contributed by atoms with van der Waals surface area (Å²) in [5, 5.41) is 14.8. The number of thiophene rings is 1. The van der Waals surface area contributed by atoms with Gasteiger partial charge in [-0.15, -0.1) is 11.3 Å². The van der Waals surface area contributed by atoms with E-state index in [1.807, 2.05) is 29.3 Å². The average Bonchev–Trinajstić information content (AvgIpc) is 3.81. The number of likely N-dealkylation sites (tertiary alicyclic amines) is 1. The molecule has 2 aliphatic heterocycles. The van der Waals surface area contributed by atoms with Crippen molar-refractivity contribution in [1.29, 1.82) is 0 Å². The average molecular weight is 641 g/mol. The van der Waals surface area contributed by atoms with Crippen molar-refractivity contribution in [3.8, 4) is 22.1 Å². The van der Waals surface area contributed by atoms with Crippen LogP contribution >= 0.6 is 11.3 Å². The molecule has 2 saturated heterocycles. The Morgan fingerprint density at radius 2 is 1.93 bits per heavy atom. The molecule has 236 valence electrons. The van der Waals surface area contributed by atoms with Crippen LogP contribution in [-0.4, -0.2) is 63.0 Å². The van der Waals surface area contributed by atoms with Gasteiger partial charge in [-0.05, 0) is 72.9 Å². The molecule has 4 aromatic rings. The van der Waals surface area contributed by atoms with E-state index in [9.17, 15) is 27.9 Å². The summed E-state index contributed by atoms with van der Waals surface area (Å²) in [6.07, 6.45) is -1.65. The fourth-order valence-corrected chi connectivity index (χ4v) is 6.84. The molecule has 45 heavy (non-hydrogen) atoms. The van der Waals surface area contributed by atoms with E-state index < -0.39 is 23.4 Å². The number of halogens is 3. The smallest absolute Gasteiger partial charge is 0.434 e. The van der Waals surface area contributed by atoms with Gasteiger partial charge in [0, 0.05) is 25.3 Å². The van der Waals surface area contributed by atoms with E-state index in [4.69, 9.17) is 9.47 Å². The molecule has 3 aromatic heterocycles. The standard InChI is InChI=1S/C32H31F3N4O5S/c1-19-15-21(20-7-11-38(12-8-20)30(40)23-9-13-43-17-23)5-6-26(19)44-18-22-10-14-45-28(22)25-3-2-4-27(37-25)39-29(32(33,34)35)24(16-36-39)31(41)42/h2-6,10,14-16,20,23H,7-9,11-13,17-18H2,1H3,(H,41,42). The Bertz CT molecular complexity index is 1700. The van der Waals surface area contributed by atoms with Crippen LogP contribution in [0.15, 0.2) is 54.0 Å². The van der Waals surface area contributed by atoms with Gasteiger partial charge in [0.2, 0.25) is 5.91 Å². The normalized spacial score (nSPS) is 17.5. The number of rotatable bonds is 8. The molecule has 0 aliphatic carbocycles. The Labute approximate surface area is 261 Å². The lowest BCUT2D eigenvalue weighted by atomic mass is 9.88. The maximum Gasteiger partial charge on any atom is 0.434 e. The van der Waals surface area contributed by atoms with E-state index in [0.29, 0.717) is 35.7 Å². The van der Waals surface area contributed by atoms with Crippen LogP contribution < -0.4 is 4.74 Å². The number of amides is 1. The number of aromatic nitrogens is 3. The van der Waals surface area contributed by atoms with Crippen LogP contribution in [0.4, 0.5) is 13.2 Å². The van der Waals surface area contributed by atoms with Crippen LogP contribution in [0.1, 0.15) is 57.9 Å². The van der Waals surface area contributed by atoms with E-state index in [2.05, 4.69) is 22.2 Å². The first-order valence-corrected chi connectivity index (χ1v) is 15.5. The number of carbonyl (C=O) groups excluding carboxylic acids is 1. The number of hydrogen-bond acceptors (Lipinski definition) is 7. The molecule has 13 heteroatoms. The highest BCUT2D eigenvalue weighted by Gasteiger charge is 2.41. The first-order valence-electron chi connectivity index (χ1n) is 14.6. The van der Waals surface area contributed by atoms with Crippen LogP contribution in [0.3, 0.4) is 0 Å². The lowest BCUT2D eigenvalue weighted by Crippen LogP contribution is -2.41. The number of aromatic carboxylic acids is 1. The molecular weight excluding hydrogens is 609 g/mol. The van der Waals surface area contributed by atoms with Gasteiger partial charge in [0.25, 0.3) is 0 Å². The summed E-state index contributed by atoms with van der Waals surface area (Å²) in [5.74, 6) is -0.587. The number of carbonyl (C=O) groups is 2. The Morgan fingerprint density at radius 3 is 2.62 bits per heavy atom. The molecule has 1 N–H and O–H groups in total. The summed E-state index contributed by atoms with van der Waals surface area (Å²) in [4.78, 5) is 31.2. The molecule has 1 aromatic carbocycles. The highest BCUT2D eigenvalue weighted by molar-refractivity contribution is 7.13. The summed E-state index contributed by atoms with van der Waals surface area (Å²) in [6, 6.07) is 12.6. The SMILES string of the molecule is Cc1cc(C2CCN(C(=O)C3CCOC3)CC2)ccc1OCc1ccsc1-c1cccc(-n2ncc(C(=O)O)c2C(F)(F)F)n1. The predicted molar refractivity (Wildman–Crippen MR) is 160 cm³/mol. The van der Waals surface area contributed by atoms with Crippen molar-refractivity contribution in [2.45, 2.75) is 44.9 Å². The second-order valence-corrected chi connectivity index (χ2v) is 12.2. The van der Waals surface area contributed by atoms with Gasteiger partial charge in [0.1, 0.15) is 17.9 Å². The number of pyridine rings is 1. The van der Waals surface area contributed by atoms with E-state index in [1.165, 1.54) is 23.0 Å². The Hall–Kier alpha value is -4.23. The summed E-state index contributed by atoms with van der Waals surface area (Å²) in [5.41, 5.74) is 1.08. The van der Waals surface area contributed by atoms with Gasteiger partial charge < -0.3 is 19.5 Å².